The summed E-state index contributed by atoms with van der Waals surface area (Å²) < 4.78 is 5.37. The number of nitro benzene ring substituents is 1. The van der Waals surface area contributed by atoms with Crippen LogP contribution in [0, 0.1) is 15.5 Å². The largest absolute Gasteiger partial charge is 0.460 e. The number of non-ortho nitro benzene ring substituents is 1. The van der Waals surface area contributed by atoms with Gasteiger partial charge < -0.3 is 10.5 Å². The van der Waals surface area contributed by atoms with Crippen LogP contribution in [0.4, 0.5) is 5.69 Å². The van der Waals surface area contributed by atoms with Crippen molar-refractivity contribution >= 4 is 11.7 Å². The molecule has 0 aliphatic carbocycles. The molecule has 0 spiro atoms. The van der Waals surface area contributed by atoms with Crippen LogP contribution in [0.2, 0.25) is 0 Å². The molecular formula is C15H22N2O4. The summed E-state index contributed by atoms with van der Waals surface area (Å²) in [5, 5.41) is 10.8. The quantitative estimate of drug-likeness (QED) is 0.523. The number of nitrogens with two attached hydrogens (primary N) is 1. The minimum Gasteiger partial charge on any atom is -0.460 e. The fraction of sp³-hybridized carbons (Fsp3) is 0.533. The fourth-order valence-corrected chi connectivity index (χ4v) is 1.79. The number of nitrogens with zero attached hydrogens (tertiary/aromatic N) is 1. The maximum Gasteiger partial charge on any atom is 0.313 e. The summed E-state index contributed by atoms with van der Waals surface area (Å²) in [5.41, 5.74) is 5.00. The molecule has 1 aromatic rings. The van der Waals surface area contributed by atoms with E-state index in [1.54, 1.807) is 46.8 Å². The SMILES string of the molecule is CC(C)(C)OC(=O)C(C)(C)C(N)c1cccc([N+](=O)[O-])c1. The summed E-state index contributed by atoms with van der Waals surface area (Å²) in [6, 6.07) is 5.29. The Balaban J connectivity index is 3.05. The first kappa shape index (κ1) is 17.1. The van der Waals surface area contributed by atoms with Crippen molar-refractivity contribution in [2.45, 2.75) is 46.3 Å². The Bertz CT molecular complexity index is 547. The van der Waals surface area contributed by atoms with Gasteiger partial charge in [0.25, 0.3) is 5.69 Å². The van der Waals surface area contributed by atoms with E-state index in [0.29, 0.717) is 5.56 Å². The molecule has 6 heteroatoms. The lowest BCUT2D eigenvalue weighted by atomic mass is 9.81. The van der Waals surface area contributed by atoms with Crippen molar-refractivity contribution in [3.8, 4) is 0 Å². The normalized spacial score (nSPS) is 13.6. The Morgan fingerprint density at radius 1 is 1.29 bits per heavy atom. The molecule has 0 heterocycles. The lowest BCUT2D eigenvalue weighted by Gasteiger charge is -2.32. The Morgan fingerprint density at radius 3 is 2.33 bits per heavy atom. The average Bonchev–Trinajstić information content (AvgIpc) is 2.35. The van der Waals surface area contributed by atoms with Gasteiger partial charge in [-0.1, -0.05) is 12.1 Å². The molecule has 0 aliphatic rings. The highest BCUT2D eigenvalue weighted by Gasteiger charge is 2.39. The molecule has 0 saturated heterocycles. The molecule has 1 unspecified atom stereocenters. The first-order valence-electron chi connectivity index (χ1n) is 6.68. The molecule has 0 fully saturated rings. The van der Waals surface area contributed by atoms with Gasteiger partial charge in [-0.3, -0.25) is 14.9 Å². The van der Waals surface area contributed by atoms with Gasteiger partial charge in [-0.25, -0.2) is 0 Å². The first-order chi connectivity index (χ1) is 9.45. The average molecular weight is 294 g/mol. The zero-order valence-electron chi connectivity index (χ0n) is 13.0. The summed E-state index contributed by atoms with van der Waals surface area (Å²) >= 11 is 0. The molecule has 0 aliphatic heterocycles. The Hall–Kier alpha value is -1.95. The maximum absolute atomic E-state index is 12.3. The highest BCUT2D eigenvalue weighted by Crippen LogP contribution is 2.35. The predicted octanol–water partition coefficient (Wildman–Crippen LogP) is 2.96. The highest BCUT2D eigenvalue weighted by atomic mass is 16.6. The van der Waals surface area contributed by atoms with Crippen LogP contribution >= 0.6 is 0 Å². The Labute approximate surface area is 124 Å². The van der Waals surface area contributed by atoms with E-state index in [0.717, 1.165) is 0 Å². The Morgan fingerprint density at radius 2 is 1.86 bits per heavy atom. The van der Waals surface area contributed by atoms with Crippen LogP contribution < -0.4 is 5.73 Å². The van der Waals surface area contributed by atoms with E-state index < -0.39 is 28.0 Å². The van der Waals surface area contributed by atoms with Crippen LogP contribution in [-0.4, -0.2) is 16.5 Å². The van der Waals surface area contributed by atoms with Crippen LogP contribution in [0.1, 0.15) is 46.2 Å². The number of esters is 1. The number of hydrogen-bond donors (Lipinski definition) is 1. The smallest absolute Gasteiger partial charge is 0.313 e. The van der Waals surface area contributed by atoms with Gasteiger partial charge in [0.1, 0.15) is 5.60 Å². The maximum atomic E-state index is 12.3. The van der Waals surface area contributed by atoms with E-state index in [4.69, 9.17) is 10.5 Å². The standard InChI is InChI=1S/C15H22N2O4/c1-14(2,3)21-13(18)15(4,5)12(16)10-7-6-8-11(9-10)17(19)20/h6-9,12H,16H2,1-5H3. The third-order valence-electron chi connectivity index (χ3n) is 3.14. The van der Waals surface area contributed by atoms with E-state index in [9.17, 15) is 14.9 Å². The van der Waals surface area contributed by atoms with Crippen LogP contribution in [0.15, 0.2) is 24.3 Å². The van der Waals surface area contributed by atoms with Gasteiger partial charge >= 0.3 is 5.97 Å². The number of ether oxygens (including phenoxy) is 1. The second-order valence-corrected chi connectivity index (χ2v) is 6.55. The zero-order chi connectivity index (χ0) is 16.4. The van der Waals surface area contributed by atoms with Crippen LogP contribution in [0.3, 0.4) is 0 Å². The molecule has 0 radical (unpaired) electrons. The van der Waals surface area contributed by atoms with Crippen LogP contribution in [-0.2, 0) is 9.53 Å². The number of benzene rings is 1. The second-order valence-electron chi connectivity index (χ2n) is 6.55. The molecule has 1 aromatic carbocycles. The second kappa shape index (κ2) is 5.81. The van der Waals surface area contributed by atoms with Crippen molar-refractivity contribution in [2.75, 3.05) is 0 Å². The molecular weight excluding hydrogens is 272 g/mol. The van der Waals surface area contributed by atoms with Crippen molar-refractivity contribution in [1.29, 1.82) is 0 Å². The number of hydrogen-bond acceptors (Lipinski definition) is 5. The number of nitro groups is 1. The molecule has 21 heavy (non-hydrogen) atoms. The van der Waals surface area contributed by atoms with Crippen molar-refractivity contribution < 1.29 is 14.5 Å². The summed E-state index contributed by atoms with van der Waals surface area (Å²) in [7, 11) is 0. The minimum absolute atomic E-state index is 0.0528. The summed E-state index contributed by atoms with van der Waals surface area (Å²) in [6.45, 7) is 8.68. The van der Waals surface area contributed by atoms with Gasteiger partial charge in [-0.15, -0.1) is 0 Å². The van der Waals surface area contributed by atoms with Gasteiger partial charge in [0.2, 0.25) is 0 Å². The molecule has 0 bridgehead atoms. The molecule has 0 saturated carbocycles. The van der Waals surface area contributed by atoms with Crippen molar-refractivity contribution in [1.82, 2.24) is 0 Å². The van der Waals surface area contributed by atoms with Gasteiger partial charge in [0.05, 0.1) is 10.3 Å². The van der Waals surface area contributed by atoms with Gasteiger partial charge in [-0.2, -0.15) is 0 Å². The number of carbonyl (C=O) groups excluding carboxylic acids is 1. The van der Waals surface area contributed by atoms with E-state index in [-0.39, 0.29) is 5.69 Å². The zero-order valence-corrected chi connectivity index (χ0v) is 13.0. The summed E-state index contributed by atoms with van der Waals surface area (Å²) in [5.74, 6) is -0.436. The van der Waals surface area contributed by atoms with Crippen LogP contribution in [0.5, 0.6) is 0 Å². The third kappa shape index (κ3) is 4.26. The lowest BCUT2D eigenvalue weighted by molar-refractivity contribution is -0.384. The van der Waals surface area contributed by atoms with Crippen molar-refractivity contribution in [2.24, 2.45) is 11.1 Å². The molecule has 2 N–H and O–H groups in total. The number of carbonyl (C=O) groups is 1. The van der Waals surface area contributed by atoms with Gasteiger partial charge in [0, 0.05) is 18.2 Å². The third-order valence-corrected chi connectivity index (χ3v) is 3.14. The summed E-state index contributed by atoms with van der Waals surface area (Å²) in [6.07, 6.45) is 0. The van der Waals surface area contributed by atoms with Gasteiger partial charge in [-0.05, 0) is 40.2 Å². The van der Waals surface area contributed by atoms with Crippen molar-refractivity contribution in [3.63, 3.8) is 0 Å². The molecule has 1 rings (SSSR count). The molecule has 0 aromatic heterocycles. The first-order valence-corrected chi connectivity index (χ1v) is 6.68. The van der Waals surface area contributed by atoms with E-state index in [1.807, 2.05) is 0 Å². The molecule has 0 amide bonds. The van der Waals surface area contributed by atoms with E-state index in [1.165, 1.54) is 12.1 Å². The van der Waals surface area contributed by atoms with E-state index in [2.05, 4.69) is 0 Å². The predicted molar refractivity (Wildman–Crippen MR) is 79.7 cm³/mol. The van der Waals surface area contributed by atoms with Gasteiger partial charge in [0.15, 0.2) is 0 Å². The molecule has 1 atom stereocenters. The van der Waals surface area contributed by atoms with Crippen LogP contribution in [0.25, 0.3) is 0 Å². The minimum atomic E-state index is -0.998. The topological polar surface area (TPSA) is 95.5 Å². The lowest BCUT2D eigenvalue weighted by Crippen LogP contribution is -2.41. The highest BCUT2D eigenvalue weighted by molar-refractivity contribution is 5.77. The monoisotopic (exact) mass is 294 g/mol. The molecule has 6 nitrogen and oxygen atoms in total. The molecule has 116 valence electrons. The van der Waals surface area contributed by atoms with E-state index >= 15 is 0 Å². The Kier molecular flexibility index (Phi) is 4.73. The summed E-state index contributed by atoms with van der Waals surface area (Å²) in [4.78, 5) is 22.6. The number of rotatable bonds is 4. The fourth-order valence-electron chi connectivity index (χ4n) is 1.79. The van der Waals surface area contributed by atoms with Crippen molar-refractivity contribution in [3.05, 3.63) is 39.9 Å².